The van der Waals surface area contributed by atoms with Gasteiger partial charge in [-0.2, -0.15) is 0 Å². The van der Waals surface area contributed by atoms with Gasteiger partial charge in [0, 0.05) is 12.6 Å². The van der Waals surface area contributed by atoms with Crippen LogP contribution >= 0.6 is 31.0 Å². The van der Waals surface area contributed by atoms with Gasteiger partial charge in [-0.05, 0) is 11.6 Å². The molecule has 0 aromatic carbocycles. The fourth-order valence-electron chi connectivity index (χ4n) is 0.305. The summed E-state index contributed by atoms with van der Waals surface area (Å²) in [6.45, 7) is 0. The van der Waals surface area contributed by atoms with Crippen LogP contribution in [0.1, 0.15) is 6.42 Å². The minimum absolute atomic E-state index is 0.148. The van der Waals surface area contributed by atoms with E-state index < -0.39 is 13.0 Å². The van der Waals surface area contributed by atoms with E-state index in [1.54, 1.807) is 0 Å². The molecular weight excluding hydrogens is 182 g/mol. The number of hydrogen-bond donors (Lipinski definition) is 0. The van der Waals surface area contributed by atoms with Gasteiger partial charge in [0.25, 0.3) is 0 Å². The smallest absolute Gasteiger partial charge is 0.222 e. The molecule has 1 atom stereocenters. The summed E-state index contributed by atoms with van der Waals surface area (Å²) in [5.74, 6) is 0. The highest BCUT2D eigenvalue weighted by Crippen LogP contribution is 2.22. The molecule has 0 saturated carbocycles. The lowest BCUT2D eigenvalue weighted by atomic mass is 10.6. The summed E-state index contributed by atoms with van der Waals surface area (Å²) in [7, 11) is -1.71. The first kappa shape index (κ1) is 9.48. The standard InChI is InChI=1S/C4H7Cl2O2P/c5-3-9(8)2-1-4(6)7/h9H,1-3H2. The van der Waals surface area contributed by atoms with Gasteiger partial charge < -0.3 is 4.57 Å². The molecule has 0 aromatic rings. The van der Waals surface area contributed by atoms with Crippen molar-refractivity contribution in [1.82, 2.24) is 0 Å². The zero-order valence-electron chi connectivity index (χ0n) is 4.69. The second-order valence-corrected chi connectivity index (χ2v) is 4.60. The van der Waals surface area contributed by atoms with E-state index in [4.69, 9.17) is 23.2 Å². The van der Waals surface area contributed by atoms with Crippen molar-refractivity contribution in [3.63, 3.8) is 0 Å². The maximum atomic E-state index is 10.6. The second-order valence-electron chi connectivity index (χ2n) is 1.53. The van der Waals surface area contributed by atoms with Crippen molar-refractivity contribution in [2.24, 2.45) is 0 Å². The van der Waals surface area contributed by atoms with E-state index in [-0.39, 0.29) is 12.0 Å². The molecule has 0 aliphatic heterocycles. The molecule has 0 heterocycles. The first-order chi connectivity index (χ1) is 4.16. The molecule has 0 fully saturated rings. The predicted molar refractivity (Wildman–Crippen MR) is 40.1 cm³/mol. The largest absolute Gasteiger partial charge is 0.326 e. The van der Waals surface area contributed by atoms with E-state index in [0.717, 1.165) is 0 Å². The predicted octanol–water partition coefficient (Wildman–Crippen LogP) is 1.90. The Hall–Kier alpha value is 0.480. The normalized spacial score (nSPS) is 13.1. The molecule has 0 rings (SSSR count). The Kier molecular flexibility index (Phi) is 5.56. The second kappa shape index (κ2) is 5.28. The van der Waals surface area contributed by atoms with Gasteiger partial charge in [0.15, 0.2) is 0 Å². The lowest BCUT2D eigenvalue weighted by Crippen LogP contribution is -1.88. The Labute approximate surface area is 64.3 Å². The molecule has 0 radical (unpaired) electrons. The summed E-state index contributed by atoms with van der Waals surface area (Å²) >= 11 is 10.2. The molecule has 1 unspecified atom stereocenters. The third-order valence-corrected chi connectivity index (χ3v) is 2.94. The molecule has 0 spiro atoms. The first-order valence-electron chi connectivity index (χ1n) is 2.43. The van der Waals surface area contributed by atoms with Crippen LogP contribution in [0.5, 0.6) is 0 Å². The molecule has 0 aliphatic rings. The van der Waals surface area contributed by atoms with Crippen LogP contribution in [0.4, 0.5) is 0 Å². The molecule has 2 nitrogen and oxygen atoms in total. The van der Waals surface area contributed by atoms with Gasteiger partial charge in [-0.25, -0.2) is 0 Å². The van der Waals surface area contributed by atoms with E-state index in [9.17, 15) is 9.36 Å². The molecule has 0 aromatic heterocycles. The molecule has 9 heavy (non-hydrogen) atoms. The Balaban J connectivity index is 3.28. The molecule has 0 amide bonds. The van der Waals surface area contributed by atoms with Crippen LogP contribution in [0.2, 0.25) is 0 Å². The van der Waals surface area contributed by atoms with Crippen LogP contribution in [0.25, 0.3) is 0 Å². The average molecular weight is 189 g/mol. The van der Waals surface area contributed by atoms with Crippen LogP contribution in [0.15, 0.2) is 0 Å². The van der Waals surface area contributed by atoms with Crippen molar-refractivity contribution in [2.45, 2.75) is 6.42 Å². The van der Waals surface area contributed by atoms with Crippen LogP contribution in [-0.4, -0.2) is 17.0 Å². The molecular formula is C4H7Cl2O2P. The Morgan fingerprint density at radius 3 is 2.44 bits per heavy atom. The topological polar surface area (TPSA) is 34.1 Å². The molecule has 0 bridgehead atoms. The van der Waals surface area contributed by atoms with Crippen molar-refractivity contribution in [3.05, 3.63) is 0 Å². The number of hydrogen-bond acceptors (Lipinski definition) is 2. The van der Waals surface area contributed by atoms with E-state index >= 15 is 0 Å². The SMILES string of the molecule is O=C(Cl)CC[PH](=O)CCl. The van der Waals surface area contributed by atoms with Gasteiger partial charge >= 0.3 is 0 Å². The minimum atomic E-state index is -1.71. The highest BCUT2D eigenvalue weighted by molar-refractivity contribution is 7.46. The van der Waals surface area contributed by atoms with Gasteiger partial charge in [0.05, 0.1) is 13.4 Å². The maximum Gasteiger partial charge on any atom is 0.222 e. The zero-order chi connectivity index (χ0) is 7.28. The lowest BCUT2D eigenvalue weighted by molar-refractivity contribution is -0.111. The van der Waals surface area contributed by atoms with Gasteiger partial charge in [-0.15, -0.1) is 11.6 Å². The van der Waals surface area contributed by atoms with Crippen molar-refractivity contribution in [3.8, 4) is 0 Å². The third kappa shape index (κ3) is 6.36. The molecule has 54 valence electrons. The van der Waals surface area contributed by atoms with Gasteiger partial charge in [0.1, 0.15) is 0 Å². The van der Waals surface area contributed by atoms with Gasteiger partial charge in [0.2, 0.25) is 5.24 Å². The van der Waals surface area contributed by atoms with Crippen molar-refractivity contribution < 1.29 is 9.36 Å². The number of carbonyl (C=O) groups excluding carboxylic acids is 1. The zero-order valence-corrected chi connectivity index (χ0v) is 7.21. The van der Waals surface area contributed by atoms with Crippen molar-refractivity contribution in [2.75, 3.05) is 11.8 Å². The molecule has 0 saturated heterocycles. The highest BCUT2D eigenvalue weighted by atomic mass is 35.5. The maximum absolute atomic E-state index is 10.6. The van der Waals surface area contributed by atoms with E-state index in [1.807, 2.05) is 0 Å². The summed E-state index contributed by atoms with van der Waals surface area (Å²) in [4.78, 5) is 10.1. The highest BCUT2D eigenvalue weighted by Gasteiger charge is 2.00. The summed E-state index contributed by atoms with van der Waals surface area (Å²) in [5, 5.41) is -0.446. The number of halogens is 2. The monoisotopic (exact) mass is 188 g/mol. The van der Waals surface area contributed by atoms with Gasteiger partial charge in [-0.1, -0.05) is 0 Å². The Bertz CT molecular complexity index is 126. The molecule has 0 aliphatic carbocycles. The van der Waals surface area contributed by atoms with Crippen LogP contribution < -0.4 is 0 Å². The minimum Gasteiger partial charge on any atom is -0.326 e. The number of rotatable bonds is 4. The number of carbonyl (C=O) groups is 1. The van der Waals surface area contributed by atoms with Crippen LogP contribution in [-0.2, 0) is 9.36 Å². The Morgan fingerprint density at radius 1 is 1.56 bits per heavy atom. The van der Waals surface area contributed by atoms with Crippen molar-refractivity contribution >= 4 is 36.2 Å². The Morgan fingerprint density at radius 2 is 2.11 bits per heavy atom. The van der Waals surface area contributed by atoms with E-state index in [0.29, 0.717) is 6.16 Å². The number of alkyl halides is 1. The summed E-state index contributed by atoms with van der Waals surface area (Å²) in [6.07, 6.45) is 0.516. The van der Waals surface area contributed by atoms with Crippen molar-refractivity contribution in [1.29, 1.82) is 0 Å². The quantitative estimate of drug-likeness (QED) is 0.384. The van der Waals surface area contributed by atoms with Crippen LogP contribution in [0.3, 0.4) is 0 Å². The summed E-state index contributed by atoms with van der Waals surface area (Å²) in [6, 6.07) is 0. The third-order valence-electron chi connectivity index (χ3n) is 0.749. The van der Waals surface area contributed by atoms with E-state index in [2.05, 4.69) is 0 Å². The summed E-state index contributed by atoms with van der Waals surface area (Å²) < 4.78 is 10.6. The lowest BCUT2D eigenvalue weighted by Gasteiger charge is -1.90. The molecule has 0 N–H and O–H groups in total. The molecule has 5 heteroatoms. The fraction of sp³-hybridized carbons (Fsp3) is 0.750. The van der Waals surface area contributed by atoms with Crippen LogP contribution in [0, 0.1) is 0 Å². The average Bonchev–Trinajstić information content (AvgIpc) is 1.83. The summed E-state index contributed by atoms with van der Waals surface area (Å²) in [5.41, 5.74) is 0.148. The van der Waals surface area contributed by atoms with Gasteiger partial charge in [-0.3, -0.25) is 4.79 Å². The fourth-order valence-corrected chi connectivity index (χ4v) is 1.60. The first-order valence-corrected chi connectivity index (χ1v) is 5.16. The van der Waals surface area contributed by atoms with E-state index in [1.165, 1.54) is 0 Å².